The number of hydrogen-bond acceptors (Lipinski definition) is 16. The number of rotatable bonds is 13. The molecule has 424 valence electrons. The van der Waals surface area contributed by atoms with Crippen LogP contribution < -0.4 is 52.2 Å². The number of nitriles is 1. The molecule has 4 aromatic heterocycles. The minimum absolute atomic E-state index is 0.0280. The minimum Gasteiger partial charge on any atom is -0.466 e. The van der Waals surface area contributed by atoms with E-state index in [4.69, 9.17) is 29.3 Å². The molecule has 0 unspecified atom stereocenters. The van der Waals surface area contributed by atoms with Crippen LogP contribution in [0.4, 0.5) is 34.6 Å². The molecule has 2 fully saturated rings. The van der Waals surface area contributed by atoms with E-state index in [0.29, 0.717) is 70.6 Å². The minimum atomic E-state index is -0.503. The molecular weight excluding hydrogens is 1030 g/mol. The Kier molecular flexibility index (Phi) is 23.1. The van der Waals surface area contributed by atoms with Gasteiger partial charge in [-0.05, 0) is 120 Å². The van der Waals surface area contributed by atoms with E-state index in [-0.39, 0.29) is 54.9 Å². The first-order valence-electron chi connectivity index (χ1n) is 26.7. The molecule has 0 bridgehead atoms. The summed E-state index contributed by atoms with van der Waals surface area (Å²) in [4.78, 5) is 61.0. The summed E-state index contributed by atoms with van der Waals surface area (Å²) < 4.78 is 74.3. The quantitative estimate of drug-likeness (QED) is 0.0485. The smallest absolute Gasteiger partial charge is 0.338 e. The molecule has 18 nitrogen and oxygen atoms in total. The summed E-state index contributed by atoms with van der Waals surface area (Å²) in [6, 6.07) is 15.9. The van der Waals surface area contributed by atoms with Gasteiger partial charge < -0.3 is 54.7 Å². The van der Waals surface area contributed by atoms with Gasteiger partial charge in [0.05, 0.1) is 24.2 Å². The van der Waals surface area contributed by atoms with Crippen LogP contribution in [0.2, 0.25) is 0 Å². The van der Waals surface area contributed by atoms with Gasteiger partial charge in [-0.15, -0.1) is 0 Å². The number of pyridine rings is 2. The maximum atomic E-state index is 13.7. The second-order valence-electron chi connectivity index (χ2n) is 19.0. The Morgan fingerprint density at radius 3 is 1.53 bits per heavy atom. The molecule has 2 aliphatic heterocycles. The molecule has 2 aliphatic carbocycles. The summed E-state index contributed by atoms with van der Waals surface area (Å²) in [6.45, 7) is 15.8. The van der Waals surface area contributed by atoms with Crippen LogP contribution in [0.25, 0.3) is 21.9 Å². The predicted molar refractivity (Wildman–Crippen MR) is 294 cm³/mol. The molecular formula is C57H70F4N10O8. The van der Waals surface area contributed by atoms with Crippen LogP contribution in [0, 0.1) is 41.5 Å². The number of benzene rings is 2. The highest BCUT2D eigenvalue weighted by Crippen LogP contribution is 2.37. The Morgan fingerprint density at radius 2 is 1.08 bits per heavy atom. The second-order valence-corrected chi connectivity index (χ2v) is 19.0. The maximum absolute atomic E-state index is 13.7. The molecule has 0 saturated heterocycles. The fourth-order valence-corrected chi connectivity index (χ4v) is 9.95. The zero-order valence-electron chi connectivity index (χ0n) is 45.3. The predicted octanol–water partition coefficient (Wildman–Crippen LogP) is 8.13. The van der Waals surface area contributed by atoms with Crippen molar-refractivity contribution in [3.63, 3.8) is 0 Å². The largest absolute Gasteiger partial charge is 0.466 e. The lowest BCUT2D eigenvalue weighted by Crippen LogP contribution is -2.49. The first kappa shape index (κ1) is 60.8. The van der Waals surface area contributed by atoms with Crippen molar-refractivity contribution in [1.82, 2.24) is 25.5 Å². The molecule has 5 N–H and O–H groups in total. The Labute approximate surface area is 456 Å². The number of carbonyl (C=O) groups is 2. The molecule has 10 rings (SSSR count). The molecule has 6 heterocycles. The number of ether oxygens (including phenoxy) is 2. The number of nitrogens with zero attached hydrogens (tertiary/aromatic N) is 6. The zero-order valence-corrected chi connectivity index (χ0v) is 45.3. The van der Waals surface area contributed by atoms with Gasteiger partial charge in [-0.3, -0.25) is 9.59 Å². The number of nitrogens with two attached hydrogens (primary N) is 1. The Balaban J connectivity index is 0.000000190. The van der Waals surface area contributed by atoms with Gasteiger partial charge in [-0.2, -0.15) is 5.26 Å². The Hall–Kier alpha value is -7.45. The van der Waals surface area contributed by atoms with Gasteiger partial charge in [0.15, 0.2) is 13.2 Å². The van der Waals surface area contributed by atoms with Gasteiger partial charge >= 0.3 is 11.3 Å². The van der Waals surface area contributed by atoms with E-state index < -0.39 is 28.7 Å². The van der Waals surface area contributed by atoms with E-state index >= 15 is 0 Å². The van der Waals surface area contributed by atoms with Crippen LogP contribution in [0.3, 0.4) is 0 Å². The van der Waals surface area contributed by atoms with Crippen LogP contribution >= 0.6 is 0 Å². The number of anilines is 3. The Morgan fingerprint density at radius 1 is 0.633 bits per heavy atom. The first-order valence-corrected chi connectivity index (χ1v) is 26.7. The molecule has 4 aliphatic rings. The third kappa shape index (κ3) is 17.0. The van der Waals surface area contributed by atoms with Crippen molar-refractivity contribution in [1.29, 1.82) is 5.26 Å². The molecule has 22 heteroatoms. The van der Waals surface area contributed by atoms with Crippen LogP contribution in [0.5, 0.6) is 11.8 Å². The van der Waals surface area contributed by atoms with Gasteiger partial charge in [-0.25, -0.2) is 37.1 Å². The molecule has 6 aromatic rings. The Bertz CT molecular complexity index is 3130. The van der Waals surface area contributed by atoms with E-state index in [9.17, 15) is 36.7 Å². The summed E-state index contributed by atoms with van der Waals surface area (Å²) in [7, 11) is 0. The zero-order chi connectivity index (χ0) is 57.0. The van der Waals surface area contributed by atoms with Gasteiger partial charge in [0, 0.05) is 92.3 Å². The van der Waals surface area contributed by atoms with Crippen LogP contribution in [-0.2, 0) is 9.59 Å². The molecule has 79 heavy (non-hydrogen) atoms. The highest BCUT2D eigenvalue weighted by Gasteiger charge is 2.37. The van der Waals surface area contributed by atoms with Crippen LogP contribution in [-0.4, -0.2) is 110 Å². The maximum Gasteiger partial charge on any atom is 0.338 e. The van der Waals surface area contributed by atoms with Crippen molar-refractivity contribution in [3.8, 4) is 17.8 Å². The number of fused-ring (bicyclic) bond motifs is 4. The molecule has 0 radical (unpaired) electrons. The van der Waals surface area contributed by atoms with E-state index in [2.05, 4.69) is 51.6 Å². The number of halogens is 4. The highest BCUT2D eigenvalue weighted by molar-refractivity contribution is 5.98. The molecule has 2 aromatic carbocycles. The first-order chi connectivity index (χ1) is 38.1. The lowest BCUT2D eigenvalue weighted by molar-refractivity contribution is -0.122. The summed E-state index contributed by atoms with van der Waals surface area (Å²) in [6.07, 6.45) is 9.18. The van der Waals surface area contributed by atoms with Gasteiger partial charge in [0.2, 0.25) is 11.8 Å². The van der Waals surface area contributed by atoms with Crippen LogP contribution in [0.15, 0.2) is 91.5 Å². The van der Waals surface area contributed by atoms with E-state index in [1.807, 2.05) is 0 Å². The molecule has 2 saturated carbocycles. The highest BCUT2D eigenvalue weighted by atomic mass is 19.1. The van der Waals surface area contributed by atoms with E-state index in [1.54, 1.807) is 22.8 Å². The van der Waals surface area contributed by atoms with Crippen molar-refractivity contribution in [3.05, 3.63) is 123 Å². The monoisotopic (exact) mass is 1100 g/mol. The third-order valence-corrected chi connectivity index (χ3v) is 13.9. The topological polar surface area (TPSA) is 234 Å². The summed E-state index contributed by atoms with van der Waals surface area (Å²) in [5, 5.41) is 18.6. The third-order valence-electron chi connectivity index (χ3n) is 13.9. The molecule has 2 amide bonds. The van der Waals surface area contributed by atoms with Gasteiger partial charge in [-0.1, -0.05) is 20.8 Å². The number of hydrogen-bond donors (Lipinski definition) is 4. The van der Waals surface area contributed by atoms with Gasteiger partial charge in [0.25, 0.3) is 11.8 Å². The second kappa shape index (κ2) is 30.1. The van der Waals surface area contributed by atoms with Crippen molar-refractivity contribution in [2.45, 2.75) is 110 Å². The summed E-state index contributed by atoms with van der Waals surface area (Å²) in [5.41, 5.74) is 7.46. The normalized spacial score (nSPS) is 18.4. The molecule has 0 atom stereocenters. The average Bonchev–Trinajstić information content (AvgIpc) is 3.44. The fourth-order valence-electron chi connectivity index (χ4n) is 9.95. The van der Waals surface area contributed by atoms with Crippen LogP contribution in [0.1, 0.15) is 84.6 Å². The number of aryl methyl sites for hydroxylation is 1. The van der Waals surface area contributed by atoms with Crippen molar-refractivity contribution in [2.24, 2.45) is 5.73 Å². The van der Waals surface area contributed by atoms with E-state index in [1.165, 1.54) is 87.2 Å². The SMILES string of the molecule is CC#N.CCN(CC)CC.Cc1cc(=O)oc2ccc(F)cc12.NCCNC1CCC(N2C(=O)COc3ncc(F)cc32)CC1.O=C1COc2ncc(F)cc2N1C1CCC(NCCNc2cc(=O)oc3ccc(F)cc23)CC1. The fraction of sp³-hybridized carbons (Fsp3) is 0.456. The van der Waals surface area contributed by atoms with E-state index in [0.717, 1.165) is 75.9 Å². The van der Waals surface area contributed by atoms with Crippen molar-refractivity contribution < 1.29 is 45.5 Å². The number of carbonyl (C=O) groups excluding carboxylic acids is 2. The standard InChI is InChI=1S/C24H24F2N4O4.C15H21FN4O2.C10H7FO2.C6H15N.C2H3N/c25-14-1-6-21-18(9-14)19(11-23(32)34-21)28-8-7-27-16-2-4-17(5-3-16)30-20-10-15(26)12-29-24(20)33-13-22(30)31;16-10-7-13-15(19-8-10)22-9-14(21)20(13)12-3-1-11(2-4-12)18-6-5-17;1-6-4-10(12)13-9-3-2-7(11)5-8(6)9;1-4-7(5-2)6-3;1-2-3/h1,6,9-12,16-17,27-28H,2-5,7-8,13H2;7-8,11-12,18H,1-6,9,17H2;2-5H,1H3;4-6H2,1-3H3;1H3. The average molecular weight is 1100 g/mol. The van der Waals surface area contributed by atoms with Gasteiger partial charge in [0.1, 0.15) is 45.8 Å². The summed E-state index contributed by atoms with van der Waals surface area (Å²) >= 11 is 0. The van der Waals surface area contributed by atoms with Crippen molar-refractivity contribution in [2.75, 3.05) is 74.1 Å². The number of aromatic nitrogens is 2. The molecule has 0 spiro atoms. The van der Waals surface area contributed by atoms with Crippen molar-refractivity contribution >= 4 is 50.8 Å². The number of amides is 2. The summed E-state index contributed by atoms with van der Waals surface area (Å²) in [5.74, 6) is -1.38. The lowest BCUT2D eigenvalue weighted by Gasteiger charge is -2.39. The lowest BCUT2D eigenvalue weighted by atomic mass is 9.89. The number of nitrogens with one attached hydrogen (secondary N) is 3.